The van der Waals surface area contributed by atoms with Crippen molar-refractivity contribution in [3.63, 3.8) is 0 Å². The van der Waals surface area contributed by atoms with Gasteiger partial charge in [-0.15, -0.1) is 0 Å². The number of nitrogens with zero attached hydrogens (tertiary/aromatic N) is 2. The van der Waals surface area contributed by atoms with E-state index in [-0.39, 0.29) is 11.8 Å². The highest BCUT2D eigenvalue weighted by Gasteiger charge is 2.23. The molecular weight excluding hydrogens is 278 g/mol. The minimum Gasteiger partial charge on any atom is -0.480 e. The third-order valence-electron chi connectivity index (χ3n) is 3.67. The maximum atomic E-state index is 12.3. The first-order chi connectivity index (χ1) is 10.1. The summed E-state index contributed by atoms with van der Waals surface area (Å²) in [5, 5.41) is 12.1. The molecule has 3 rings (SSSR count). The lowest BCUT2D eigenvalue weighted by Crippen LogP contribution is -2.24. The number of aromatic amines is 1. The van der Waals surface area contributed by atoms with E-state index in [1.807, 2.05) is 0 Å². The largest absolute Gasteiger partial charge is 0.480 e. The highest BCUT2D eigenvalue weighted by molar-refractivity contribution is 5.90. The van der Waals surface area contributed by atoms with Crippen LogP contribution in [0.4, 0.5) is 0 Å². The van der Waals surface area contributed by atoms with Crippen molar-refractivity contribution in [2.45, 2.75) is 18.8 Å². The normalized spacial score (nSPS) is 16.2. The van der Waals surface area contributed by atoms with Crippen LogP contribution in [0.15, 0.2) is 10.9 Å². The summed E-state index contributed by atoms with van der Waals surface area (Å²) in [4.78, 5) is 27.5. The molecule has 0 aliphatic carbocycles. The van der Waals surface area contributed by atoms with E-state index in [0.29, 0.717) is 18.9 Å². The molecule has 1 saturated heterocycles. The van der Waals surface area contributed by atoms with E-state index in [9.17, 15) is 9.59 Å². The van der Waals surface area contributed by atoms with Crippen LogP contribution in [0.25, 0.3) is 5.65 Å². The second-order valence-electron chi connectivity index (χ2n) is 4.90. The monoisotopic (exact) mass is 293 g/mol. The summed E-state index contributed by atoms with van der Waals surface area (Å²) < 4.78 is 11.4. The number of aromatic nitrogens is 3. The number of aromatic carboxylic acids is 1. The maximum absolute atomic E-state index is 12.3. The number of hydrogen-bond donors (Lipinski definition) is 2. The molecule has 0 aromatic carbocycles. The van der Waals surface area contributed by atoms with Crippen molar-refractivity contribution in [2.75, 3.05) is 20.3 Å². The molecule has 8 nitrogen and oxygen atoms in total. The van der Waals surface area contributed by atoms with Gasteiger partial charge in [-0.05, 0) is 12.8 Å². The van der Waals surface area contributed by atoms with Gasteiger partial charge in [0.25, 0.3) is 5.56 Å². The van der Waals surface area contributed by atoms with E-state index in [1.54, 1.807) is 6.07 Å². The lowest BCUT2D eigenvalue weighted by Gasteiger charge is -2.20. The number of nitrogens with one attached hydrogen (secondary N) is 1. The first-order valence-corrected chi connectivity index (χ1v) is 6.62. The van der Waals surface area contributed by atoms with Crippen LogP contribution in [0.3, 0.4) is 0 Å². The van der Waals surface area contributed by atoms with Crippen LogP contribution >= 0.6 is 0 Å². The number of carboxylic acid groups (broad SMARTS) is 1. The van der Waals surface area contributed by atoms with E-state index in [2.05, 4.69) is 10.1 Å². The van der Waals surface area contributed by atoms with Crippen LogP contribution in [-0.4, -0.2) is 46.0 Å². The molecule has 3 heterocycles. The Bertz CT molecular complexity index is 742. The lowest BCUT2D eigenvalue weighted by molar-refractivity contribution is 0.0690. The highest BCUT2D eigenvalue weighted by Crippen LogP contribution is 2.26. The second-order valence-corrected chi connectivity index (χ2v) is 4.90. The first-order valence-electron chi connectivity index (χ1n) is 6.62. The number of fused-ring (bicyclic) bond motifs is 1. The van der Waals surface area contributed by atoms with Crippen LogP contribution < -0.4 is 10.3 Å². The minimum atomic E-state index is -1.36. The van der Waals surface area contributed by atoms with E-state index in [0.717, 1.165) is 23.1 Å². The fraction of sp³-hybridized carbons (Fsp3) is 0.462. The predicted octanol–water partition coefficient (Wildman–Crippen LogP) is 0.623. The first kappa shape index (κ1) is 13.6. The van der Waals surface area contributed by atoms with Gasteiger partial charge in [0.1, 0.15) is 0 Å². The Morgan fingerprint density at radius 1 is 1.52 bits per heavy atom. The molecule has 2 aromatic rings. The Morgan fingerprint density at radius 2 is 2.24 bits per heavy atom. The summed E-state index contributed by atoms with van der Waals surface area (Å²) in [6, 6.07) is 1.76. The number of ether oxygens (including phenoxy) is 2. The van der Waals surface area contributed by atoms with Gasteiger partial charge in [-0.3, -0.25) is 9.89 Å². The molecular formula is C13H15N3O5. The molecule has 0 spiro atoms. The molecule has 21 heavy (non-hydrogen) atoms. The number of hydrogen-bond acceptors (Lipinski definition) is 5. The van der Waals surface area contributed by atoms with Crippen molar-refractivity contribution in [1.29, 1.82) is 0 Å². The Labute approximate surface area is 119 Å². The second kappa shape index (κ2) is 5.21. The quantitative estimate of drug-likeness (QED) is 0.859. The topological polar surface area (TPSA) is 106 Å². The maximum Gasteiger partial charge on any atom is 0.347 e. The van der Waals surface area contributed by atoms with Gasteiger partial charge in [0, 0.05) is 30.9 Å². The van der Waals surface area contributed by atoms with Gasteiger partial charge >= 0.3 is 5.97 Å². The van der Waals surface area contributed by atoms with Gasteiger partial charge in [0.2, 0.25) is 5.88 Å². The zero-order valence-corrected chi connectivity index (χ0v) is 11.5. The molecule has 2 N–H and O–H groups in total. The molecule has 1 aliphatic rings. The molecule has 2 aromatic heterocycles. The molecule has 0 atom stereocenters. The van der Waals surface area contributed by atoms with Gasteiger partial charge in [0.15, 0.2) is 11.2 Å². The van der Waals surface area contributed by atoms with Crippen molar-refractivity contribution < 1.29 is 19.4 Å². The molecule has 0 unspecified atom stereocenters. The predicted molar refractivity (Wildman–Crippen MR) is 72.1 cm³/mol. The lowest BCUT2D eigenvalue weighted by atomic mass is 9.97. The van der Waals surface area contributed by atoms with E-state index >= 15 is 0 Å². The zero-order valence-electron chi connectivity index (χ0n) is 11.5. The van der Waals surface area contributed by atoms with E-state index in [4.69, 9.17) is 14.6 Å². The van der Waals surface area contributed by atoms with Crippen molar-refractivity contribution in [3.05, 3.63) is 27.7 Å². The van der Waals surface area contributed by atoms with Crippen molar-refractivity contribution in [1.82, 2.24) is 14.6 Å². The average Bonchev–Trinajstić information content (AvgIpc) is 2.92. The van der Waals surface area contributed by atoms with Crippen LogP contribution in [0.2, 0.25) is 0 Å². The van der Waals surface area contributed by atoms with Crippen LogP contribution in [0, 0.1) is 0 Å². The van der Waals surface area contributed by atoms with Crippen molar-refractivity contribution in [3.8, 4) is 5.88 Å². The van der Waals surface area contributed by atoms with Crippen LogP contribution in [0.1, 0.15) is 34.8 Å². The molecule has 0 amide bonds. The van der Waals surface area contributed by atoms with Gasteiger partial charge in [-0.2, -0.15) is 4.98 Å². The van der Waals surface area contributed by atoms with Gasteiger partial charge in [0.05, 0.1) is 7.11 Å². The summed E-state index contributed by atoms with van der Waals surface area (Å²) in [5.74, 6) is -1.29. The highest BCUT2D eigenvalue weighted by atomic mass is 16.5. The average molecular weight is 293 g/mol. The fourth-order valence-electron chi connectivity index (χ4n) is 2.57. The van der Waals surface area contributed by atoms with Crippen LogP contribution in [-0.2, 0) is 4.74 Å². The summed E-state index contributed by atoms with van der Waals surface area (Å²) in [6.45, 7) is 1.35. The van der Waals surface area contributed by atoms with Crippen LogP contribution in [0.5, 0.6) is 5.88 Å². The Morgan fingerprint density at radius 3 is 2.86 bits per heavy atom. The SMILES string of the molecule is COc1nc2cc(C3CCOCC3)[nH]n2c(=O)c1C(=O)O. The Hall–Kier alpha value is -2.35. The summed E-state index contributed by atoms with van der Waals surface area (Å²) in [6.07, 6.45) is 1.70. The van der Waals surface area contributed by atoms with Gasteiger partial charge < -0.3 is 14.6 Å². The van der Waals surface area contributed by atoms with Gasteiger partial charge in [-0.25, -0.2) is 9.31 Å². The molecule has 0 radical (unpaired) electrons. The Balaban J connectivity index is 2.15. The van der Waals surface area contributed by atoms with Crippen molar-refractivity contribution >= 4 is 11.6 Å². The summed E-state index contributed by atoms with van der Waals surface area (Å²) in [5.41, 5.74) is 0.0499. The zero-order chi connectivity index (χ0) is 15.0. The third-order valence-corrected chi connectivity index (χ3v) is 3.67. The van der Waals surface area contributed by atoms with Crippen molar-refractivity contribution in [2.24, 2.45) is 0 Å². The molecule has 8 heteroatoms. The number of rotatable bonds is 3. The number of H-pyrrole nitrogens is 1. The standard InChI is InChI=1S/C13H15N3O5/c1-20-11-10(13(18)19)12(17)16-9(14-11)6-8(15-16)7-2-4-21-5-3-7/h6-7,15H,2-5H2,1H3,(H,18,19). The molecule has 112 valence electrons. The third kappa shape index (κ3) is 2.27. The summed E-state index contributed by atoms with van der Waals surface area (Å²) in [7, 11) is 1.29. The number of carboxylic acids is 1. The summed E-state index contributed by atoms with van der Waals surface area (Å²) >= 11 is 0. The number of methoxy groups -OCH3 is 1. The molecule has 0 bridgehead atoms. The Kier molecular flexibility index (Phi) is 3.38. The molecule has 1 fully saturated rings. The van der Waals surface area contributed by atoms with E-state index in [1.165, 1.54) is 7.11 Å². The minimum absolute atomic E-state index is 0.176. The smallest absolute Gasteiger partial charge is 0.347 e. The van der Waals surface area contributed by atoms with Gasteiger partial charge in [-0.1, -0.05) is 0 Å². The fourth-order valence-corrected chi connectivity index (χ4v) is 2.57. The molecule has 0 saturated carbocycles. The van der Waals surface area contributed by atoms with E-state index < -0.39 is 17.1 Å². The molecule has 1 aliphatic heterocycles. The number of carbonyl (C=O) groups is 1.